The quantitative estimate of drug-likeness (QED) is 0.792. The van der Waals surface area contributed by atoms with Crippen molar-refractivity contribution in [2.75, 3.05) is 6.61 Å². The number of nitrogens with one attached hydrogen (secondary N) is 1. The fraction of sp³-hybridized carbons (Fsp3) is 0.438. The number of hydrogen-bond donors (Lipinski definition) is 1. The molecule has 6 heteroatoms. The van der Waals surface area contributed by atoms with Crippen molar-refractivity contribution >= 4 is 29.4 Å². The molecular weight excluding hydrogens is 315 g/mol. The Hall–Kier alpha value is -1.00. The first-order valence-corrected chi connectivity index (χ1v) is 10.4. The van der Waals surface area contributed by atoms with Crippen LogP contribution in [0.2, 0.25) is 0 Å². The Bertz CT molecular complexity index is 689. The molecule has 1 atom stereocenters. The number of nitrogens with zero attached hydrogens (tertiary/aromatic N) is 1. The van der Waals surface area contributed by atoms with Crippen molar-refractivity contribution in [3.05, 3.63) is 36.5 Å². The second-order valence-electron chi connectivity index (χ2n) is 5.47. The Balaban J connectivity index is 1.80. The SMILES string of the molecule is CCOP(=S)(NC1CCCC1)Oc1ccc2ncccc2c1. The molecule has 0 radical (unpaired) electrons. The van der Waals surface area contributed by atoms with Crippen LogP contribution in [0.25, 0.3) is 10.9 Å². The Morgan fingerprint density at radius 1 is 1.32 bits per heavy atom. The fourth-order valence-electron chi connectivity index (χ4n) is 2.79. The summed E-state index contributed by atoms with van der Waals surface area (Å²) in [4.78, 5) is 4.32. The lowest BCUT2D eigenvalue weighted by atomic mass is 10.2. The van der Waals surface area contributed by atoms with Gasteiger partial charge in [0.25, 0.3) is 0 Å². The van der Waals surface area contributed by atoms with Crippen LogP contribution in [0.4, 0.5) is 0 Å². The maximum atomic E-state index is 6.08. The van der Waals surface area contributed by atoms with Crippen LogP contribution in [0.1, 0.15) is 32.6 Å². The van der Waals surface area contributed by atoms with Crippen molar-refractivity contribution in [2.24, 2.45) is 0 Å². The van der Waals surface area contributed by atoms with Gasteiger partial charge in [0.05, 0.1) is 12.1 Å². The van der Waals surface area contributed by atoms with Crippen LogP contribution in [0.5, 0.6) is 5.75 Å². The van der Waals surface area contributed by atoms with E-state index < -0.39 is 6.64 Å². The van der Waals surface area contributed by atoms with Gasteiger partial charge in [-0.3, -0.25) is 4.98 Å². The topological polar surface area (TPSA) is 43.4 Å². The zero-order valence-corrected chi connectivity index (χ0v) is 14.4. The summed E-state index contributed by atoms with van der Waals surface area (Å²) in [5, 5.41) is 4.50. The standard InChI is InChI=1S/C16H21N2O2PS/c1-2-19-21(22,18-14-7-3-4-8-14)20-15-9-10-16-13(12-15)6-5-11-17-16/h5-6,9-12,14H,2-4,7-8H2,1H3,(H,18,22). The first-order chi connectivity index (χ1) is 10.7. The van der Waals surface area contributed by atoms with E-state index >= 15 is 0 Å². The second-order valence-corrected chi connectivity index (χ2v) is 8.61. The third-order valence-electron chi connectivity index (χ3n) is 3.79. The van der Waals surface area contributed by atoms with Crippen molar-refractivity contribution in [2.45, 2.75) is 38.6 Å². The average molecular weight is 336 g/mol. The molecule has 2 aromatic rings. The minimum atomic E-state index is -2.51. The van der Waals surface area contributed by atoms with Gasteiger partial charge in [0.15, 0.2) is 0 Å². The zero-order valence-electron chi connectivity index (χ0n) is 12.7. The number of rotatable bonds is 6. The molecule has 118 valence electrons. The molecule has 0 aliphatic heterocycles. The molecule has 0 saturated heterocycles. The molecule has 1 heterocycles. The summed E-state index contributed by atoms with van der Waals surface area (Å²) < 4.78 is 11.9. The van der Waals surface area contributed by atoms with Crippen LogP contribution in [-0.4, -0.2) is 17.6 Å². The van der Waals surface area contributed by atoms with Crippen LogP contribution in [-0.2, 0) is 16.3 Å². The van der Waals surface area contributed by atoms with E-state index in [1.165, 1.54) is 12.8 Å². The number of aromatic nitrogens is 1. The van der Waals surface area contributed by atoms with Gasteiger partial charge in [-0.15, -0.1) is 0 Å². The van der Waals surface area contributed by atoms with Crippen LogP contribution < -0.4 is 9.61 Å². The summed E-state index contributed by atoms with van der Waals surface area (Å²) in [6.45, 7) is -0.00830. The largest absolute Gasteiger partial charge is 0.433 e. The molecular formula is C16H21N2O2PS. The third-order valence-corrected chi connectivity index (χ3v) is 6.38. The van der Waals surface area contributed by atoms with Crippen molar-refractivity contribution in [3.63, 3.8) is 0 Å². The summed E-state index contributed by atoms with van der Waals surface area (Å²) in [5.74, 6) is 0.739. The van der Waals surface area contributed by atoms with Crippen LogP contribution >= 0.6 is 6.64 Å². The van der Waals surface area contributed by atoms with E-state index in [1.54, 1.807) is 6.20 Å². The highest BCUT2D eigenvalue weighted by atomic mass is 32.5. The maximum absolute atomic E-state index is 6.08. The number of hydrogen-bond acceptors (Lipinski definition) is 4. The monoisotopic (exact) mass is 336 g/mol. The summed E-state index contributed by atoms with van der Waals surface area (Å²) in [5.41, 5.74) is 0.948. The van der Waals surface area contributed by atoms with Gasteiger partial charge >= 0.3 is 6.64 Å². The lowest BCUT2D eigenvalue weighted by Crippen LogP contribution is -2.26. The third kappa shape index (κ3) is 3.85. The van der Waals surface area contributed by atoms with Crippen molar-refractivity contribution in [1.29, 1.82) is 0 Å². The van der Waals surface area contributed by atoms with E-state index in [9.17, 15) is 0 Å². The maximum Gasteiger partial charge on any atom is 0.313 e. The smallest absolute Gasteiger partial charge is 0.313 e. The predicted octanol–water partition coefficient (Wildman–Crippen LogP) is 4.41. The van der Waals surface area contributed by atoms with Crippen LogP contribution in [0.3, 0.4) is 0 Å². The molecule has 4 nitrogen and oxygen atoms in total. The number of benzene rings is 1. The van der Waals surface area contributed by atoms with Gasteiger partial charge in [0.1, 0.15) is 5.75 Å². The second kappa shape index (κ2) is 7.05. The Kier molecular flexibility index (Phi) is 5.09. The molecule has 22 heavy (non-hydrogen) atoms. The van der Waals surface area contributed by atoms with Crippen molar-refractivity contribution in [3.8, 4) is 5.75 Å². The number of fused-ring (bicyclic) bond motifs is 1. The highest BCUT2D eigenvalue weighted by molar-refractivity contribution is 8.09. The molecule has 1 aliphatic carbocycles. The van der Waals surface area contributed by atoms with E-state index in [0.29, 0.717) is 12.6 Å². The summed E-state index contributed by atoms with van der Waals surface area (Å²) in [6, 6.07) is 10.2. The summed E-state index contributed by atoms with van der Waals surface area (Å²) in [7, 11) is 0. The van der Waals surface area contributed by atoms with Crippen LogP contribution in [0.15, 0.2) is 36.5 Å². The van der Waals surface area contributed by atoms with E-state index in [0.717, 1.165) is 29.5 Å². The molecule has 0 amide bonds. The van der Waals surface area contributed by atoms with Gasteiger partial charge in [-0.1, -0.05) is 18.9 Å². The molecule has 1 fully saturated rings. The molecule has 3 rings (SSSR count). The average Bonchev–Trinajstić information content (AvgIpc) is 2.99. The Morgan fingerprint density at radius 3 is 2.91 bits per heavy atom. The highest BCUT2D eigenvalue weighted by Gasteiger charge is 2.26. The van der Waals surface area contributed by atoms with E-state index in [4.69, 9.17) is 20.9 Å². The highest BCUT2D eigenvalue weighted by Crippen LogP contribution is 2.46. The minimum absolute atomic E-state index is 0.416. The lowest BCUT2D eigenvalue weighted by molar-refractivity contribution is 0.317. The fourth-order valence-corrected chi connectivity index (χ4v) is 5.43. The Labute approximate surface area is 136 Å². The molecule has 1 N–H and O–H groups in total. The molecule has 1 aromatic carbocycles. The zero-order chi connectivity index (χ0) is 15.4. The van der Waals surface area contributed by atoms with Crippen molar-refractivity contribution in [1.82, 2.24) is 10.1 Å². The van der Waals surface area contributed by atoms with E-state index in [2.05, 4.69) is 10.1 Å². The van der Waals surface area contributed by atoms with Crippen LogP contribution in [0, 0.1) is 0 Å². The summed E-state index contributed by atoms with van der Waals surface area (Å²) >= 11 is 5.68. The normalized spacial score (nSPS) is 18.4. The predicted molar refractivity (Wildman–Crippen MR) is 93.7 cm³/mol. The van der Waals surface area contributed by atoms with Gasteiger partial charge in [-0.05, 0) is 55.8 Å². The van der Waals surface area contributed by atoms with Crippen molar-refractivity contribution < 1.29 is 9.05 Å². The lowest BCUT2D eigenvalue weighted by Gasteiger charge is -2.26. The molecule has 0 spiro atoms. The van der Waals surface area contributed by atoms with Gasteiger partial charge in [0, 0.05) is 17.6 Å². The first kappa shape index (κ1) is 15.9. The minimum Gasteiger partial charge on any atom is -0.433 e. The van der Waals surface area contributed by atoms with Gasteiger partial charge in [-0.25, -0.2) is 5.09 Å². The van der Waals surface area contributed by atoms with E-state index in [1.807, 2.05) is 37.3 Å². The summed E-state index contributed by atoms with van der Waals surface area (Å²) in [6.07, 6.45) is 6.59. The number of pyridine rings is 1. The van der Waals surface area contributed by atoms with Gasteiger partial charge < -0.3 is 9.05 Å². The molecule has 1 saturated carbocycles. The van der Waals surface area contributed by atoms with E-state index in [-0.39, 0.29) is 0 Å². The van der Waals surface area contributed by atoms with Gasteiger partial charge in [-0.2, -0.15) is 0 Å². The molecule has 1 aliphatic rings. The first-order valence-electron chi connectivity index (χ1n) is 7.75. The molecule has 0 bridgehead atoms. The molecule has 1 unspecified atom stereocenters. The molecule has 1 aromatic heterocycles. The van der Waals surface area contributed by atoms with Gasteiger partial charge in [0.2, 0.25) is 0 Å². The Morgan fingerprint density at radius 2 is 2.14 bits per heavy atom.